The number of para-hydroxylation sites is 1. The second-order valence-corrected chi connectivity index (χ2v) is 8.63. The van der Waals surface area contributed by atoms with Gasteiger partial charge in [-0.3, -0.25) is 9.59 Å². The van der Waals surface area contributed by atoms with Crippen LogP contribution < -0.4 is 5.32 Å². The minimum Gasteiger partial charge on any atom is -0.450 e. The molecule has 0 aliphatic rings. The molecule has 3 aromatic carbocycles. The number of rotatable bonds is 5. The third kappa shape index (κ3) is 3.97. The second-order valence-electron chi connectivity index (χ2n) is 7.58. The van der Waals surface area contributed by atoms with E-state index in [2.05, 4.69) is 5.32 Å². The number of aryl methyl sites for hydroxylation is 1. The maximum Gasteiger partial charge on any atom is 0.265 e. The van der Waals surface area contributed by atoms with Crippen LogP contribution in [0.3, 0.4) is 0 Å². The van der Waals surface area contributed by atoms with E-state index < -0.39 is 11.6 Å². The third-order valence-corrected chi connectivity index (χ3v) is 6.61. The number of anilines is 1. The van der Waals surface area contributed by atoms with Crippen LogP contribution in [0.15, 0.2) is 89.3 Å². The highest BCUT2D eigenvalue weighted by molar-refractivity contribution is 7.17. The summed E-state index contributed by atoms with van der Waals surface area (Å²) in [6.07, 6.45) is 0. The highest BCUT2D eigenvalue weighted by Crippen LogP contribution is 2.35. The van der Waals surface area contributed by atoms with Crippen molar-refractivity contribution in [2.75, 3.05) is 5.32 Å². The summed E-state index contributed by atoms with van der Waals surface area (Å²) in [7, 11) is 0. The van der Waals surface area contributed by atoms with E-state index in [-0.39, 0.29) is 17.2 Å². The van der Waals surface area contributed by atoms with Crippen LogP contribution in [0.25, 0.3) is 21.4 Å². The van der Waals surface area contributed by atoms with Crippen molar-refractivity contribution < 1.29 is 18.4 Å². The molecule has 2 heterocycles. The van der Waals surface area contributed by atoms with Gasteiger partial charge < -0.3 is 9.73 Å². The fraction of sp³-hybridized carbons (Fsp3) is 0.0370. The normalized spacial score (nSPS) is 11.0. The Hall–Kier alpha value is -4.03. The first-order chi connectivity index (χ1) is 16.0. The maximum absolute atomic E-state index is 13.3. The largest absolute Gasteiger partial charge is 0.450 e. The number of amides is 1. The molecule has 0 spiro atoms. The SMILES string of the molecule is Cc1cc(C(=O)Nc2c(C(=O)c3ccc(F)cc3)oc3ccccc23)sc1-c1ccccc1. The Kier molecular flexibility index (Phi) is 5.36. The number of benzene rings is 3. The fourth-order valence-electron chi connectivity index (χ4n) is 3.71. The van der Waals surface area contributed by atoms with E-state index in [1.165, 1.54) is 35.6 Å². The van der Waals surface area contributed by atoms with Crippen molar-refractivity contribution in [1.82, 2.24) is 0 Å². The summed E-state index contributed by atoms with van der Waals surface area (Å²) in [5.74, 6) is -1.20. The molecule has 6 heteroatoms. The van der Waals surface area contributed by atoms with Crippen LogP contribution in [-0.4, -0.2) is 11.7 Å². The van der Waals surface area contributed by atoms with E-state index >= 15 is 0 Å². The Morgan fingerprint density at radius 2 is 1.61 bits per heavy atom. The van der Waals surface area contributed by atoms with Crippen molar-refractivity contribution in [2.24, 2.45) is 0 Å². The molecule has 0 aliphatic carbocycles. The molecule has 5 rings (SSSR count). The predicted octanol–water partition coefficient (Wildman–Crippen LogP) is 7.09. The number of carbonyl (C=O) groups is 2. The summed E-state index contributed by atoms with van der Waals surface area (Å²) in [6.45, 7) is 1.96. The lowest BCUT2D eigenvalue weighted by Crippen LogP contribution is -2.13. The summed E-state index contributed by atoms with van der Waals surface area (Å²) in [6, 6.07) is 24.0. The van der Waals surface area contributed by atoms with Gasteiger partial charge in [0.2, 0.25) is 5.78 Å². The van der Waals surface area contributed by atoms with Crippen molar-refractivity contribution in [3.8, 4) is 10.4 Å². The molecule has 0 bridgehead atoms. The lowest BCUT2D eigenvalue weighted by Gasteiger charge is -2.05. The fourth-order valence-corrected chi connectivity index (χ4v) is 4.78. The highest BCUT2D eigenvalue weighted by Gasteiger charge is 2.24. The molecule has 33 heavy (non-hydrogen) atoms. The highest BCUT2D eigenvalue weighted by atomic mass is 32.1. The van der Waals surface area contributed by atoms with Crippen LogP contribution in [0.5, 0.6) is 0 Å². The molecule has 0 atom stereocenters. The molecule has 0 radical (unpaired) electrons. The summed E-state index contributed by atoms with van der Waals surface area (Å²) >= 11 is 1.39. The lowest BCUT2D eigenvalue weighted by atomic mass is 10.1. The number of carbonyl (C=O) groups excluding carboxylic acids is 2. The van der Waals surface area contributed by atoms with Crippen molar-refractivity contribution in [2.45, 2.75) is 6.92 Å². The Balaban J connectivity index is 1.53. The maximum atomic E-state index is 13.3. The minimum absolute atomic E-state index is 0.00715. The average molecular weight is 456 g/mol. The minimum atomic E-state index is -0.438. The number of furan rings is 1. The zero-order valence-electron chi connectivity index (χ0n) is 17.6. The Morgan fingerprint density at radius 1 is 0.909 bits per heavy atom. The van der Waals surface area contributed by atoms with E-state index in [4.69, 9.17) is 4.42 Å². The smallest absolute Gasteiger partial charge is 0.265 e. The first-order valence-corrected chi connectivity index (χ1v) is 11.1. The predicted molar refractivity (Wildman–Crippen MR) is 128 cm³/mol. The molecular formula is C27H18FNO3S. The summed E-state index contributed by atoms with van der Waals surface area (Å²) in [5, 5.41) is 3.51. The molecule has 5 aromatic rings. The van der Waals surface area contributed by atoms with Gasteiger partial charge in [0.15, 0.2) is 5.76 Å². The molecule has 4 nitrogen and oxygen atoms in total. The van der Waals surface area contributed by atoms with Crippen LogP contribution in [0.1, 0.15) is 31.4 Å². The molecule has 0 aliphatic heterocycles. The second kappa shape index (κ2) is 8.48. The first-order valence-electron chi connectivity index (χ1n) is 10.3. The standard InChI is InChI=1S/C27H18FNO3S/c1-16-15-22(33-26(16)18-7-3-2-4-8-18)27(31)29-23-20-9-5-6-10-21(20)32-25(23)24(30)17-11-13-19(28)14-12-17/h2-15H,1H3,(H,29,31). The first kappa shape index (κ1) is 20.8. The number of fused-ring (bicyclic) bond motifs is 1. The van der Waals surface area contributed by atoms with Crippen molar-refractivity contribution in [3.05, 3.63) is 113 Å². The number of halogens is 1. The van der Waals surface area contributed by atoms with Gasteiger partial charge in [-0.25, -0.2) is 4.39 Å². The van der Waals surface area contributed by atoms with Crippen LogP contribution in [0.2, 0.25) is 0 Å². The van der Waals surface area contributed by atoms with Gasteiger partial charge in [-0.2, -0.15) is 0 Å². The van der Waals surface area contributed by atoms with Gasteiger partial charge in [0, 0.05) is 15.8 Å². The molecule has 0 saturated carbocycles. The summed E-state index contributed by atoms with van der Waals surface area (Å²) < 4.78 is 19.2. The molecule has 162 valence electrons. The zero-order valence-corrected chi connectivity index (χ0v) is 18.4. The van der Waals surface area contributed by atoms with Crippen molar-refractivity contribution in [1.29, 1.82) is 0 Å². The molecule has 0 saturated heterocycles. The zero-order chi connectivity index (χ0) is 22.9. The van der Waals surface area contributed by atoms with Crippen molar-refractivity contribution in [3.63, 3.8) is 0 Å². The van der Waals surface area contributed by atoms with E-state index in [9.17, 15) is 14.0 Å². The van der Waals surface area contributed by atoms with Gasteiger partial charge >= 0.3 is 0 Å². The Morgan fingerprint density at radius 3 is 2.36 bits per heavy atom. The number of thiophene rings is 1. The molecule has 0 unspecified atom stereocenters. The van der Waals surface area contributed by atoms with E-state index in [1.54, 1.807) is 18.2 Å². The van der Waals surface area contributed by atoms with Gasteiger partial charge in [0.1, 0.15) is 11.4 Å². The van der Waals surface area contributed by atoms with Gasteiger partial charge in [-0.05, 0) is 60.5 Å². The van der Waals surface area contributed by atoms with Crippen LogP contribution in [0, 0.1) is 12.7 Å². The summed E-state index contributed by atoms with van der Waals surface area (Å²) in [5.41, 5.74) is 3.09. The van der Waals surface area contributed by atoms with Crippen LogP contribution in [0.4, 0.5) is 10.1 Å². The third-order valence-electron chi connectivity index (χ3n) is 5.32. The van der Waals surface area contributed by atoms with Gasteiger partial charge in [0.05, 0.1) is 10.6 Å². The molecular weight excluding hydrogens is 437 g/mol. The topological polar surface area (TPSA) is 59.3 Å². The molecule has 0 fully saturated rings. The molecule has 1 amide bonds. The van der Waals surface area contributed by atoms with Gasteiger partial charge in [-0.1, -0.05) is 42.5 Å². The number of nitrogens with one attached hydrogen (secondary N) is 1. The number of ketones is 1. The monoisotopic (exact) mass is 455 g/mol. The molecule has 2 aromatic heterocycles. The Bertz CT molecular complexity index is 1480. The van der Waals surface area contributed by atoms with Gasteiger partial charge in [-0.15, -0.1) is 11.3 Å². The molecule has 1 N–H and O–H groups in total. The average Bonchev–Trinajstić information content (AvgIpc) is 3.40. The van der Waals surface area contributed by atoms with Crippen LogP contribution >= 0.6 is 11.3 Å². The summed E-state index contributed by atoms with van der Waals surface area (Å²) in [4.78, 5) is 27.9. The van der Waals surface area contributed by atoms with E-state index in [0.717, 1.165) is 16.0 Å². The number of hydrogen-bond donors (Lipinski definition) is 1. The van der Waals surface area contributed by atoms with E-state index in [0.29, 0.717) is 21.5 Å². The van der Waals surface area contributed by atoms with E-state index in [1.807, 2.05) is 49.4 Å². The van der Waals surface area contributed by atoms with Crippen LogP contribution in [-0.2, 0) is 0 Å². The van der Waals surface area contributed by atoms with Gasteiger partial charge in [0.25, 0.3) is 5.91 Å². The van der Waals surface area contributed by atoms with Crippen molar-refractivity contribution >= 4 is 39.7 Å². The quantitative estimate of drug-likeness (QED) is 0.288. The Labute approximate surface area is 193 Å². The number of hydrogen-bond acceptors (Lipinski definition) is 4. The lowest BCUT2D eigenvalue weighted by molar-refractivity contribution is 0.101.